The van der Waals surface area contributed by atoms with Crippen molar-refractivity contribution in [3.8, 4) is 22.8 Å². The van der Waals surface area contributed by atoms with Crippen molar-refractivity contribution in [2.24, 2.45) is 0 Å². The van der Waals surface area contributed by atoms with Crippen LogP contribution in [0.3, 0.4) is 0 Å². The summed E-state index contributed by atoms with van der Waals surface area (Å²) in [4.78, 5) is 14.1. The Labute approximate surface area is 161 Å². The normalized spacial score (nSPS) is 13.0. The first-order valence-electron chi connectivity index (χ1n) is 9.54. The van der Waals surface area contributed by atoms with Crippen LogP contribution in [0.1, 0.15) is 31.5 Å². The van der Waals surface area contributed by atoms with E-state index in [1.54, 1.807) is 20.3 Å². The first-order chi connectivity index (χ1) is 13.1. The van der Waals surface area contributed by atoms with Gasteiger partial charge in [0.15, 0.2) is 11.5 Å². The van der Waals surface area contributed by atoms with Crippen LogP contribution in [0.2, 0.25) is 0 Å². The first-order valence-corrected chi connectivity index (χ1v) is 9.54. The van der Waals surface area contributed by atoms with E-state index >= 15 is 0 Å². The zero-order chi connectivity index (χ0) is 19.4. The molecule has 1 aliphatic rings. The Hall–Kier alpha value is -2.69. The van der Waals surface area contributed by atoms with Crippen molar-refractivity contribution in [1.82, 2.24) is 9.47 Å². The number of fused-ring (bicyclic) bond motifs is 3. The van der Waals surface area contributed by atoms with Crippen LogP contribution in [0.15, 0.2) is 30.3 Å². The van der Waals surface area contributed by atoms with E-state index in [-0.39, 0.29) is 5.91 Å². The molecular formula is C22H28N2O3. The van der Waals surface area contributed by atoms with Crippen LogP contribution < -0.4 is 9.47 Å². The van der Waals surface area contributed by atoms with Gasteiger partial charge >= 0.3 is 0 Å². The Morgan fingerprint density at radius 2 is 1.85 bits per heavy atom. The van der Waals surface area contributed by atoms with Gasteiger partial charge in [0.25, 0.3) is 0 Å². The van der Waals surface area contributed by atoms with Gasteiger partial charge in [0, 0.05) is 42.7 Å². The number of carbonyl (C=O) groups excluding carboxylic acids is 1. The molecule has 5 heteroatoms. The topological polar surface area (TPSA) is 43.7 Å². The Kier molecular flexibility index (Phi) is 5.89. The summed E-state index contributed by atoms with van der Waals surface area (Å²) in [5.41, 5.74) is 4.63. The molecule has 0 spiro atoms. The number of carbonyl (C=O) groups is 1. The average molecular weight is 368 g/mol. The van der Waals surface area contributed by atoms with Crippen LogP contribution in [-0.4, -0.2) is 42.7 Å². The van der Waals surface area contributed by atoms with Crippen molar-refractivity contribution >= 4 is 12.0 Å². The van der Waals surface area contributed by atoms with Gasteiger partial charge in [0.05, 0.1) is 14.2 Å². The number of amides is 1. The summed E-state index contributed by atoms with van der Waals surface area (Å²) < 4.78 is 13.2. The van der Waals surface area contributed by atoms with Crippen LogP contribution in [0.5, 0.6) is 11.5 Å². The quantitative estimate of drug-likeness (QED) is 0.724. The third-order valence-electron chi connectivity index (χ3n) is 5.20. The molecule has 0 saturated heterocycles. The van der Waals surface area contributed by atoms with Crippen molar-refractivity contribution in [2.75, 3.05) is 27.3 Å². The van der Waals surface area contributed by atoms with E-state index in [9.17, 15) is 4.79 Å². The molecule has 2 heterocycles. The van der Waals surface area contributed by atoms with Gasteiger partial charge in [-0.2, -0.15) is 0 Å². The van der Waals surface area contributed by atoms with E-state index < -0.39 is 0 Å². The van der Waals surface area contributed by atoms with E-state index in [1.807, 2.05) is 24.8 Å². The second-order valence-corrected chi connectivity index (χ2v) is 6.61. The van der Waals surface area contributed by atoms with Gasteiger partial charge in [0.1, 0.15) is 0 Å². The number of benzene rings is 1. The van der Waals surface area contributed by atoms with Crippen molar-refractivity contribution in [3.63, 3.8) is 0 Å². The standard InChI is InChI=1S/C22H28N2O3/c1-5-23(6-2)22(25)12-10-17-9-11-19-18-15-21(27-4)20(26-3)14-16(18)8-7-13-24(17)19/h9-12,14-15H,5-8,13H2,1-4H3/b12-10+. The summed E-state index contributed by atoms with van der Waals surface area (Å²) >= 11 is 0. The van der Waals surface area contributed by atoms with Crippen LogP contribution in [0.25, 0.3) is 17.3 Å². The smallest absolute Gasteiger partial charge is 0.246 e. The maximum atomic E-state index is 12.3. The Morgan fingerprint density at radius 1 is 1.15 bits per heavy atom. The molecular weight excluding hydrogens is 340 g/mol. The molecule has 0 saturated carbocycles. The van der Waals surface area contributed by atoms with E-state index in [0.29, 0.717) is 0 Å². The van der Waals surface area contributed by atoms with Gasteiger partial charge < -0.3 is 18.9 Å². The highest BCUT2D eigenvalue weighted by Gasteiger charge is 2.19. The summed E-state index contributed by atoms with van der Waals surface area (Å²) in [5, 5.41) is 0. The maximum absolute atomic E-state index is 12.3. The summed E-state index contributed by atoms with van der Waals surface area (Å²) in [6.07, 6.45) is 5.62. The van der Waals surface area contributed by atoms with Crippen LogP contribution >= 0.6 is 0 Å². The first kappa shape index (κ1) is 19.1. The lowest BCUT2D eigenvalue weighted by molar-refractivity contribution is -0.125. The average Bonchev–Trinajstić information content (AvgIpc) is 3.00. The van der Waals surface area contributed by atoms with Crippen molar-refractivity contribution in [1.29, 1.82) is 0 Å². The molecule has 0 unspecified atom stereocenters. The number of rotatable bonds is 6. The van der Waals surface area contributed by atoms with Crippen LogP contribution in [-0.2, 0) is 17.8 Å². The van der Waals surface area contributed by atoms with Gasteiger partial charge in [0.2, 0.25) is 5.91 Å². The molecule has 144 valence electrons. The van der Waals surface area contributed by atoms with E-state index in [2.05, 4.69) is 28.8 Å². The third kappa shape index (κ3) is 3.72. The summed E-state index contributed by atoms with van der Waals surface area (Å²) in [7, 11) is 3.33. The predicted octanol–water partition coefficient (Wildman–Crippen LogP) is 4.00. The summed E-state index contributed by atoms with van der Waals surface area (Å²) in [6, 6.07) is 8.33. The fourth-order valence-electron chi connectivity index (χ4n) is 3.70. The minimum atomic E-state index is 0.0518. The predicted molar refractivity (Wildman–Crippen MR) is 108 cm³/mol. The van der Waals surface area contributed by atoms with Gasteiger partial charge in [-0.1, -0.05) is 0 Å². The minimum absolute atomic E-state index is 0.0518. The summed E-state index contributed by atoms with van der Waals surface area (Å²) in [5.74, 6) is 1.55. The Balaban J connectivity index is 1.98. The highest BCUT2D eigenvalue weighted by molar-refractivity contribution is 5.91. The molecule has 1 aliphatic heterocycles. The van der Waals surface area contributed by atoms with Crippen molar-refractivity contribution in [3.05, 3.63) is 41.6 Å². The zero-order valence-corrected chi connectivity index (χ0v) is 16.6. The SMILES string of the molecule is CCN(CC)C(=O)/C=C/c1ccc2n1CCCc1cc(OC)c(OC)cc1-2. The van der Waals surface area contributed by atoms with Crippen LogP contribution in [0.4, 0.5) is 0 Å². The second kappa shape index (κ2) is 8.33. The molecule has 5 nitrogen and oxygen atoms in total. The molecule has 3 rings (SSSR count). The zero-order valence-electron chi connectivity index (χ0n) is 16.6. The molecule has 1 aromatic heterocycles. The van der Waals surface area contributed by atoms with Crippen molar-refractivity contribution < 1.29 is 14.3 Å². The monoisotopic (exact) mass is 368 g/mol. The third-order valence-corrected chi connectivity index (χ3v) is 5.20. The number of methoxy groups -OCH3 is 2. The van der Waals surface area contributed by atoms with Gasteiger partial charge in [-0.3, -0.25) is 4.79 Å². The van der Waals surface area contributed by atoms with Crippen LogP contribution in [0, 0.1) is 0 Å². The number of aryl methyl sites for hydroxylation is 1. The molecule has 1 aromatic carbocycles. The number of likely N-dealkylation sites (N-methyl/N-ethyl adjacent to an activating group) is 1. The van der Waals surface area contributed by atoms with Gasteiger partial charge in [-0.15, -0.1) is 0 Å². The molecule has 0 bridgehead atoms. The minimum Gasteiger partial charge on any atom is -0.493 e. The summed E-state index contributed by atoms with van der Waals surface area (Å²) in [6.45, 7) is 6.36. The lowest BCUT2D eigenvalue weighted by atomic mass is 10.0. The van der Waals surface area contributed by atoms with Crippen molar-refractivity contribution in [2.45, 2.75) is 33.2 Å². The highest BCUT2D eigenvalue weighted by Crippen LogP contribution is 2.38. The van der Waals surface area contributed by atoms with Gasteiger partial charge in [-0.25, -0.2) is 0 Å². The fraction of sp³-hybridized carbons (Fsp3) is 0.409. The van der Waals surface area contributed by atoms with Gasteiger partial charge in [-0.05, 0) is 62.6 Å². The Morgan fingerprint density at radius 3 is 2.52 bits per heavy atom. The number of nitrogens with zero attached hydrogens (tertiary/aromatic N) is 2. The number of hydrogen-bond acceptors (Lipinski definition) is 3. The Bertz CT molecular complexity index is 847. The molecule has 0 radical (unpaired) electrons. The van der Waals surface area contributed by atoms with E-state index in [0.717, 1.165) is 55.4 Å². The number of ether oxygens (including phenoxy) is 2. The number of hydrogen-bond donors (Lipinski definition) is 0. The maximum Gasteiger partial charge on any atom is 0.246 e. The number of aromatic nitrogens is 1. The lowest BCUT2D eigenvalue weighted by Gasteiger charge is -2.16. The molecule has 0 fully saturated rings. The molecule has 1 amide bonds. The largest absolute Gasteiger partial charge is 0.493 e. The molecule has 0 aliphatic carbocycles. The molecule has 0 atom stereocenters. The highest BCUT2D eigenvalue weighted by atomic mass is 16.5. The van der Waals surface area contributed by atoms with E-state index in [4.69, 9.17) is 9.47 Å². The molecule has 2 aromatic rings. The fourth-order valence-corrected chi connectivity index (χ4v) is 3.70. The van der Waals surface area contributed by atoms with E-state index in [1.165, 1.54) is 11.1 Å². The second-order valence-electron chi connectivity index (χ2n) is 6.61. The molecule has 27 heavy (non-hydrogen) atoms. The molecule has 0 N–H and O–H groups in total. The lowest BCUT2D eigenvalue weighted by Crippen LogP contribution is -2.28.